The Kier molecular flexibility index (Phi) is 3.63. The van der Waals surface area contributed by atoms with Gasteiger partial charge in [0.1, 0.15) is 12.0 Å². The van der Waals surface area contributed by atoms with Crippen molar-refractivity contribution in [3.63, 3.8) is 0 Å². The number of nitrogens with one attached hydrogen (secondary N) is 1. The number of pyridine rings is 1. The van der Waals surface area contributed by atoms with Crippen molar-refractivity contribution in [2.75, 3.05) is 5.32 Å². The fourth-order valence-corrected chi connectivity index (χ4v) is 1.91. The zero-order valence-corrected chi connectivity index (χ0v) is 10.7. The summed E-state index contributed by atoms with van der Waals surface area (Å²) in [4.78, 5) is 13.5. The summed E-state index contributed by atoms with van der Waals surface area (Å²) in [7, 11) is -4.23. The second kappa shape index (κ2) is 5.23. The van der Waals surface area contributed by atoms with Gasteiger partial charge in [-0.2, -0.15) is 8.42 Å². The lowest BCUT2D eigenvalue weighted by molar-refractivity contribution is -0.385. The molecule has 0 aliphatic heterocycles. The molecule has 0 fully saturated rings. The lowest BCUT2D eigenvalue weighted by Crippen LogP contribution is -1.99. The SMILES string of the molecule is O=[N+]([O-])c1ccc(Nc2ccc(S(=O)(=O)O)cc2)nc1. The fourth-order valence-electron chi connectivity index (χ4n) is 1.43. The lowest BCUT2D eigenvalue weighted by atomic mass is 10.3. The zero-order valence-electron chi connectivity index (χ0n) is 9.92. The van der Waals surface area contributed by atoms with E-state index in [1.807, 2.05) is 0 Å². The predicted octanol–water partition coefficient (Wildman–Crippen LogP) is 1.98. The smallest absolute Gasteiger partial charge is 0.294 e. The molecule has 0 saturated heterocycles. The molecule has 0 radical (unpaired) electrons. The molecule has 0 bridgehead atoms. The third-order valence-electron chi connectivity index (χ3n) is 2.38. The first-order valence-corrected chi connectivity index (χ1v) is 6.75. The minimum Gasteiger partial charge on any atom is -0.340 e. The Labute approximate surface area is 114 Å². The number of benzene rings is 1. The van der Waals surface area contributed by atoms with Crippen LogP contribution < -0.4 is 5.32 Å². The average molecular weight is 295 g/mol. The van der Waals surface area contributed by atoms with E-state index in [-0.39, 0.29) is 10.6 Å². The zero-order chi connectivity index (χ0) is 14.8. The molecule has 2 rings (SSSR count). The van der Waals surface area contributed by atoms with Gasteiger partial charge < -0.3 is 5.32 Å². The van der Waals surface area contributed by atoms with Crippen molar-refractivity contribution in [2.24, 2.45) is 0 Å². The molecule has 2 N–H and O–H groups in total. The van der Waals surface area contributed by atoms with Gasteiger partial charge >= 0.3 is 0 Å². The van der Waals surface area contributed by atoms with E-state index in [1.165, 1.54) is 36.4 Å². The van der Waals surface area contributed by atoms with E-state index < -0.39 is 15.0 Å². The van der Waals surface area contributed by atoms with Crippen LogP contribution in [-0.2, 0) is 10.1 Å². The molecule has 0 spiro atoms. The minimum atomic E-state index is -4.23. The lowest BCUT2D eigenvalue weighted by Gasteiger charge is -2.05. The summed E-state index contributed by atoms with van der Waals surface area (Å²) in [6.45, 7) is 0. The normalized spacial score (nSPS) is 11.1. The molecule has 0 unspecified atom stereocenters. The molecule has 0 atom stereocenters. The van der Waals surface area contributed by atoms with Crippen LogP contribution in [0, 0.1) is 10.1 Å². The first-order chi connectivity index (χ1) is 9.36. The first-order valence-electron chi connectivity index (χ1n) is 5.31. The molecule has 9 heteroatoms. The summed E-state index contributed by atoms with van der Waals surface area (Å²) in [5, 5.41) is 13.3. The number of anilines is 2. The van der Waals surface area contributed by atoms with Gasteiger partial charge in [0.2, 0.25) is 0 Å². The molecular formula is C11H9N3O5S. The van der Waals surface area contributed by atoms with Crippen LogP contribution in [0.15, 0.2) is 47.5 Å². The summed E-state index contributed by atoms with van der Waals surface area (Å²) in [5.74, 6) is 0.371. The van der Waals surface area contributed by atoms with Crippen LogP contribution in [0.1, 0.15) is 0 Å². The quantitative estimate of drug-likeness (QED) is 0.502. The molecule has 104 valence electrons. The molecule has 0 saturated carbocycles. The van der Waals surface area contributed by atoms with E-state index in [0.717, 1.165) is 6.20 Å². The van der Waals surface area contributed by atoms with E-state index in [4.69, 9.17) is 4.55 Å². The molecule has 1 heterocycles. The second-order valence-electron chi connectivity index (χ2n) is 3.78. The minimum absolute atomic E-state index is 0.128. The number of aromatic nitrogens is 1. The molecule has 0 aliphatic carbocycles. The summed E-state index contributed by atoms with van der Waals surface area (Å²) < 4.78 is 30.6. The summed E-state index contributed by atoms with van der Waals surface area (Å²) in [6.07, 6.45) is 1.11. The van der Waals surface area contributed by atoms with Gasteiger partial charge in [-0.3, -0.25) is 14.7 Å². The van der Waals surface area contributed by atoms with Crippen molar-refractivity contribution in [3.8, 4) is 0 Å². The monoisotopic (exact) mass is 295 g/mol. The largest absolute Gasteiger partial charge is 0.340 e. The van der Waals surface area contributed by atoms with Crippen LogP contribution in [0.5, 0.6) is 0 Å². The molecule has 0 aliphatic rings. The van der Waals surface area contributed by atoms with E-state index in [2.05, 4.69) is 10.3 Å². The molecule has 20 heavy (non-hydrogen) atoms. The maximum Gasteiger partial charge on any atom is 0.294 e. The maximum atomic E-state index is 10.9. The van der Waals surface area contributed by atoms with E-state index in [9.17, 15) is 18.5 Å². The number of nitro groups is 1. The van der Waals surface area contributed by atoms with Crippen LogP contribution >= 0.6 is 0 Å². The standard InChI is InChI=1S/C11H9N3O5S/c15-14(16)9-3-6-11(12-7-9)13-8-1-4-10(5-2-8)20(17,18)19/h1-7H,(H,12,13)(H,17,18,19). The van der Waals surface area contributed by atoms with Crippen molar-refractivity contribution in [1.29, 1.82) is 0 Å². The summed E-state index contributed by atoms with van der Waals surface area (Å²) in [6, 6.07) is 8.04. The highest BCUT2D eigenvalue weighted by Crippen LogP contribution is 2.19. The number of hydrogen-bond acceptors (Lipinski definition) is 6. The topological polar surface area (TPSA) is 122 Å². The predicted molar refractivity (Wildman–Crippen MR) is 70.4 cm³/mol. The summed E-state index contributed by atoms with van der Waals surface area (Å²) >= 11 is 0. The van der Waals surface area contributed by atoms with Gasteiger partial charge in [-0.25, -0.2) is 4.98 Å². The highest BCUT2D eigenvalue weighted by Gasteiger charge is 2.09. The van der Waals surface area contributed by atoms with Crippen molar-refractivity contribution in [1.82, 2.24) is 4.98 Å². The Morgan fingerprint density at radius 1 is 1.15 bits per heavy atom. The van der Waals surface area contributed by atoms with Crippen molar-refractivity contribution in [2.45, 2.75) is 4.90 Å². The molecule has 1 aromatic heterocycles. The second-order valence-corrected chi connectivity index (χ2v) is 5.20. The van der Waals surface area contributed by atoms with Crippen LogP contribution in [-0.4, -0.2) is 22.9 Å². The third-order valence-corrected chi connectivity index (χ3v) is 3.25. The van der Waals surface area contributed by atoms with Gasteiger partial charge in [-0.1, -0.05) is 0 Å². The Bertz CT molecular complexity index is 726. The Morgan fingerprint density at radius 2 is 1.80 bits per heavy atom. The first kappa shape index (κ1) is 13.9. The molecule has 2 aromatic rings. The Morgan fingerprint density at radius 3 is 2.25 bits per heavy atom. The molecule has 0 amide bonds. The van der Waals surface area contributed by atoms with Crippen LogP contribution in [0.3, 0.4) is 0 Å². The maximum absolute atomic E-state index is 10.9. The van der Waals surface area contributed by atoms with E-state index in [0.29, 0.717) is 11.5 Å². The van der Waals surface area contributed by atoms with Crippen LogP contribution in [0.4, 0.5) is 17.2 Å². The molecule has 8 nitrogen and oxygen atoms in total. The Balaban J connectivity index is 2.16. The Hall–Kier alpha value is -2.52. The fraction of sp³-hybridized carbons (Fsp3) is 0. The highest BCUT2D eigenvalue weighted by atomic mass is 32.2. The van der Waals surface area contributed by atoms with Crippen molar-refractivity contribution in [3.05, 3.63) is 52.7 Å². The van der Waals surface area contributed by atoms with Crippen LogP contribution in [0.25, 0.3) is 0 Å². The van der Waals surface area contributed by atoms with Gasteiger partial charge in [-0.05, 0) is 30.3 Å². The van der Waals surface area contributed by atoms with E-state index in [1.54, 1.807) is 0 Å². The van der Waals surface area contributed by atoms with Gasteiger partial charge in [0.05, 0.1) is 9.82 Å². The van der Waals surface area contributed by atoms with Gasteiger partial charge in [-0.15, -0.1) is 0 Å². The number of nitrogens with zero attached hydrogens (tertiary/aromatic N) is 2. The summed E-state index contributed by atoms with van der Waals surface area (Å²) in [5.41, 5.74) is 0.399. The van der Waals surface area contributed by atoms with Crippen molar-refractivity contribution >= 4 is 27.3 Å². The third kappa shape index (κ3) is 3.28. The average Bonchev–Trinajstić information content (AvgIpc) is 2.39. The number of rotatable bonds is 4. The van der Waals surface area contributed by atoms with Crippen LogP contribution in [0.2, 0.25) is 0 Å². The van der Waals surface area contributed by atoms with Gasteiger partial charge in [0.25, 0.3) is 15.8 Å². The van der Waals surface area contributed by atoms with Gasteiger partial charge in [0, 0.05) is 11.8 Å². The van der Waals surface area contributed by atoms with Gasteiger partial charge in [0.15, 0.2) is 0 Å². The van der Waals surface area contributed by atoms with Crippen molar-refractivity contribution < 1.29 is 17.9 Å². The van der Waals surface area contributed by atoms with E-state index >= 15 is 0 Å². The highest BCUT2D eigenvalue weighted by molar-refractivity contribution is 7.85. The molecule has 1 aromatic carbocycles. The molecular weight excluding hydrogens is 286 g/mol. The number of hydrogen-bond donors (Lipinski definition) is 2.